The van der Waals surface area contributed by atoms with E-state index in [1.54, 1.807) is 24.7 Å². The van der Waals surface area contributed by atoms with Crippen LogP contribution in [0.4, 0.5) is 0 Å². The largest absolute Gasteiger partial charge is 0.291 e. The number of rotatable bonds is 2. The zero-order valence-electron chi connectivity index (χ0n) is 10.7. The van der Waals surface area contributed by atoms with Crippen LogP contribution in [0.3, 0.4) is 0 Å². The van der Waals surface area contributed by atoms with Gasteiger partial charge in [0.15, 0.2) is 0 Å². The number of hydrogen-bond acceptors (Lipinski definition) is 3. The summed E-state index contributed by atoms with van der Waals surface area (Å²) >= 11 is 9.73. The second-order valence-corrected chi connectivity index (χ2v) is 5.41. The molecule has 4 nitrogen and oxygen atoms in total. The van der Waals surface area contributed by atoms with Crippen LogP contribution in [0.5, 0.6) is 0 Å². The SMILES string of the molecule is N#Cc1ccnc(-c2ncn(-c3ccccc3Cl)c2Br)c1. The molecule has 0 aliphatic rings. The number of imidazole rings is 1. The highest BCUT2D eigenvalue weighted by atomic mass is 79.9. The lowest BCUT2D eigenvalue weighted by Gasteiger charge is -2.06. The highest BCUT2D eigenvalue weighted by Crippen LogP contribution is 2.30. The number of nitriles is 1. The molecule has 6 heteroatoms. The van der Waals surface area contributed by atoms with E-state index in [9.17, 15) is 0 Å². The Labute approximate surface area is 134 Å². The van der Waals surface area contributed by atoms with E-state index in [-0.39, 0.29) is 0 Å². The third kappa shape index (κ3) is 2.56. The fourth-order valence-electron chi connectivity index (χ4n) is 1.95. The molecular formula is C15H8BrClN4. The number of nitrogens with zero attached hydrogens (tertiary/aromatic N) is 4. The van der Waals surface area contributed by atoms with E-state index in [4.69, 9.17) is 16.9 Å². The van der Waals surface area contributed by atoms with Crippen LogP contribution < -0.4 is 0 Å². The number of para-hydroxylation sites is 1. The molecule has 0 aliphatic heterocycles. The maximum atomic E-state index is 8.97. The smallest absolute Gasteiger partial charge is 0.122 e. The summed E-state index contributed by atoms with van der Waals surface area (Å²) in [5.41, 5.74) is 2.65. The van der Waals surface area contributed by atoms with Gasteiger partial charge in [-0.2, -0.15) is 5.26 Å². The first-order valence-corrected chi connectivity index (χ1v) is 7.22. The maximum absolute atomic E-state index is 8.97. The van der Waals surface area contributed by atoms with Gasteiger partial charge < -0.3 is 0 Å². The van der Waals surface area contributed by atoms with Crippen LogP contribution in [0.2, 0.25) is 5.02 Å². The van der Waals surface area contributed by atoms with Crippen molar-refractivity contribution in [2.75, 3.05) is 0 Å². The van der Waals surface area contributed by atoms with E-state index in [0.717, 1.165) is 10.3 Å². The molecule has 0 saturated heterocycles. The van der Waals surface area contributed by atoms with Gasteiger partial charge in [-0.15, -0.1) is 0 Å². The molecule has 0 fully saturated rings. The summed E-state index contributed by atoms with van der Waals surface area (Å²) in [6, 6.07) is 12.9. The van der Waals surface area contributed by atoms with Crippen LogP contribution in [0.15, 0.2) is 53.5 Å². The van der Waals surface area contributed by atoms with Gasteiger partial charge in [-0.1, -0.05) is 23.7 Å². The highest BCUT2D eigenvalue weighted by molar-refractivity contribution is 9.10. The summed E-state index contributed by atoms with van der Waals surface area (Å²) in [4.78, 5) is 8.62. The third-order valence-electron chi connectivity index (χ3n) is 2.95. The van der Waals surface area contributed by atoms with Crippen molar-refractivity contribution in [3.05, 3.63) is 64.1 Å². The Morgan fingerprint density at radius 3 is 2.76 bits per heavy atom. The molecule has 0 radical (unpaired) electrons. The predicted octanol–water partition coefficient (Wildman–Crippen LogP) is 4.22. The predicted molar refractivity (Wildman–Crippen MR) is 84.2 cm³/mol. The van der Waals surface area contributed by atoms with Crippen molar-refractivity contribution in [1.82, 2.24) is 14.5 Å². The van der Waals surface area contributed by atoms with E-state index in [1.807, 2.05) is 28.8 Å². The summed E-state index contributed by atoms with van der Waals surface area (Å²) in [5, 5.41) is 9.59. The number of halogens is 2. The molecule has 3 aromatic rings. The van der Waals surface area contributed by atoms with Crippen molar-refractivity contribution in [3.8, 4) is 23.1 Å². The quantitative estimate of drug-likeness (QED) is 0.688. The Bertz CT molecular complexity index is 851. The van der Waals surface area contributed by atoms with E-state index in [0.29, 0.717) is 22.0 Å². The summed E-state index contributed by atoms with van der Waals surface area (Å²) < 4.78 is 2.57. The first-order valence-electron chi connectivity index (χ1n) is 6.05. The lowest BCUT2D eigenvalue weighted by Crippen LogP contribution is -1.93. The molecule has 0 aliphatic carbocycles. The van der Waals surface area contributed by atoms with Gasteiger partial charge in [0.2, 0.25) is 0 Å². The number of aromatic nitrogens is 3. The molecule has 0 atom stereocenters. The molecular weight excluding hydrogens is 352 g/mol. The second-order valence-electron chi connectivity index (χ2n) is 4.25. The van der Waals surface area contributed by atoms with Crippen LogP contribution in [-0.2, 0) is 0 Å². The average Bonchev–Trinajstić information content (AvgIpc) is 2.89. The van der Waals surface area contributed by atoms with Gasteiger partial charge in [-0.25, -0.2) is 4.98 Å². The monoisotopic (exact) mass is 358 g/mol. The zero-order chi connectivity index (χ0) is 14.8. The highest BCUT2D eigenvalue weighted by Gasteiger charge is 2.14. The van der Waals surface area contributed by atoms with Gasteiger partial charge >= 0.3 is 0 Å². The molecule has 0 amide bonds. The topological polar surface area (TPSA) is 54.5 Å². The number of pyridine rings is 1. The Morgan fingerprint density at radius 1 is 1.19 bits per heavy atom. The molecule has 0 bridgehead atoms. The molecule has 2 heterocycles. The van der Waals surface area contributed by atoms with Crippen LogP contribution >= 0.6 is 27.5 Å². The van der Waals surface area contributed by atoms with Gasteiger partial charge in [0.25, 0.3) is 0 Å². The second kappa shape index (κ2) is 5.68. The van der Waals surface area contributed by atoms with Crippen LogP contribution in [0, 0.1) is 11.3 Å². The van der Waals surface area contributed by atoms with Crippen molar-refractivity contribution in [3.63, 3.8) is 0 Å². The minimum Gasteiger partial charge on any atom is -0.291 e. The average molecular weight is 360 g/mol. The van der Waals surface area contributed by atoms with E-state index in [2.05, 4.69) is 32.0 Å². The summed E-state index contributed by atoms with van der Waals surface area (Å²) in [6.07, 6.45) is 3.26. The molecule has 21 heavy (non-hydrogen) atoms. The Kier molecular flexibility index (Phi) is 3.74. The fraction of sp³-hybridized carbons (Fsp3) is 0. The fourth-order valence-corrected chi connectivity index (χ4v) is 2.76. The lowest BCUT2D eigenvalue weighted by molar-refractivity contribution is 1.03. The minimum absolute atomic E-state index is 0.541. The molecule has 0 saturated carbocycles. The maximum Gasteiger partial charge on any atom is 0.122 e. The first kappa shape index (κ1) is 13.8. The molecule has 2 aromatic heterocycles. The molecule has 0 N–H and O–H groups in total. The minimum atomic E-state index is 0.541. The Balaban J connectivity index is 2.12. The van der Waals surface area contributed by atoms with Crippen molar-refractivity contribution >= 4 is 27.5 Å². The zero-order valence-corrected chi connectivity index (χ0v) is 13.0. The van der Waals surface area contributed by atoms with Crippen molar-refractivity contribution in [2.45, 2.75) is 0 Å². The van der Waals surface area contributed by atoms with Gasteiger partial charge in [0.1, 0.15) is 16.6 Å². The standard InChI is InChI=1S/C15H8BrClN4/c16-15-14(12-7-10(8-18)5-6-19-12)20-9-21(15)13-4-2-1-3-11(13)17/h1-7,9H. The third-order valence-corrected chi connectivity index (χ3v) is 4.03. The van der Waals surface area contributed by atoms with Gasteiger partial charge in [0.05, 0.1) is 28.0 Å². The molecule has 0 spiro atoms. The van der Waals surface area contributed by atoms with Gasteiger partial charge in [-0.05, 0) is 40.2 Å². The van der Waals surface area contributed by atoms with Crippen LogP contribution in [0.25, 0.3) is 17.1 Å². The van der Waals surface area contributed by atoms with E-state index in [1.165, 1.54) is 0 Å². The van der Waals surface area contributed by atoms with Crippen molar-refractivity contribution in [1.29, 1.82) is 5.26 Å². The molecule has 0 unspecified atom stereocenters. The normalized spacial score (nSPS) is 10.3. The first-order chi connectivity index (χ1) is 10.2. The van der Waals surface area contributed by atoms with E-state index < -0.39 is 0 Å². The van der Waals surface area contributed by atoms with Crippen LogP contribution in [-0.4, -0.2) is 14.5 Å². The number of benzene rings is 1. The molecule has 102 valence electrons. The lowest BCUT2D eigenvalue weighted by atomic mass is 10.2. The van der Waals surface area contributed by atoms with E-state index >= 15 is 0 Å². The van der Waals surface area contributed by atoms with Gasteiger partial charge in [-0.3, -0.25) is 9.55 Å². The van der Waals surface area contributed by atoms with Crippen LogP contribution in [0.1, 0.15) is 5.56 Å². The molecule has 1 aromatic carbocycles. The van der Waals surface area contributed by atoms with Crippen molar-refractivity contribution in [2.24, 2.45) is 0 Å². The summed E-state index contributed by atoms with van der Waals surface area (Å²) in [5.74, 6) is 0. The summed E-state index contributed by atoms with van der Waals surface area (Å²) in [7, 11) is 0. The van der Waals surface area contributed by atoms with Crippen molar-refractivity contribution < 1.29 is 0 Å². The molecule has 3 rings (SSSR count). The van der Waals surface area contributed by atoms with Gasteiger partial charge in [0, 0.05) is 6.20 Å². The Morgan fingerprint density at radius 2 is 2.00 bits per heavy atom. The number of hydrogen-bond donors (Lipinski definition) is 0. The summed E-state index contributed by atoms with van der Waals surface area (Å²) in [6.45, 7) is 0. The Hall–Kier alpha value is -2.16.